The van der Waals surface area contributed by atoms with E-state index in [1.54, 1.807) is 19.2 Å². The standard InChI is InChI=1S/C12H15N3O3/c1-18-8-4-2-7(3-5-8)9-6-10(14-15-13)12(17)11(9)16/h2-5,9-12,16-17H,6H2,1H3/t9-,10-,11+,12-/m1/s1. The van der Waals surface area contributed by atoms with E-state index in [4.69, 9.17) is 10.3 Å². The molecule has 4 atom stereocenters. The Morgan fingerprint density at radius 2 is 1.94 bits per heavy atom. The van der Waals surface area contributed by atoms with Crippen LogP contribution in [0.5, 0.6) is 5.75 Å². The number of hydrogen-bond donors (Lipinski definition) is 2. The lowest BCUT2D eigenvalue weighted by atomic mass is 9.95. The van der Waals surface area contributed by atoms with Gasteiger partial charge in [-0.15, -0.1) is 0 Å². The maximum absolute atomic E-state index is 9.97. The molecule has 2 N–H and O–H groups in total. The van der Waals surface area contributed by atoms with Crippen molar-refractivity contribution in [3.05, 3.63) is 40.3 Å². The first-order valence-corrected chi connectivity index (χ1v) is 5.71. The maximum Gasteiger partial charge on any atom is 0.118 e. The van der Waals surface area contributed by atoms with E-state index in [2.05, 4.69) is 10.0 Å². The van der Waals surface area contributed by atoms with Gasteiger partial charge in [-0.2, -0.15) is 0 Å². The summed E-state index contributed by atoms with van der Waals surface area (Å²) in [6.45, 7) is 0. The molecule has 6 heteroatoms. The fourth-order valence-corrected chi connectivity index (χ4v) is 2.37. The first kappa shape index (κ1) is 12.7. The van der Waals surface area contributed by atoms with Crippen molar-refractivity contribution in [2.75, 3.05) is 7.11 Å². The second-order valence-corrected chi connectivity index (χ2v) is 4.37. The lowest BCUT2D eigenvalue weighted by Crippen LogP contribution is -2.29. The molecule has 0 unspecified atom stereocenters. The number of methoxy groups -OCH3 is 1. The maximum atomic E-state index is 9.97. The van der Waals surface area contributed by atoms with Crippen molar-refractivity contribution in [3.8, 4) is 5.75 Å². The van der Waals surface area contributed by atoms with Gasteiger partial charge in [0.1, 0.15) is 5.75 Å². The number of aliphatic hydroxyl groups is 2. The summed E-state index contributed by atoms with van der Waals surface area (Å²) in [6, 6.07) is 6.72. The van der Waals surface area contributed by atoms with E-state index in [1.165, 1.54) is 0 Å². The summed E-state index contributed by atoms with van der Waals surface area (Å²) in [7, 11) is 1.58. The van der Waals surface area contributed by atoms with Crippen LogP contribution in [0.25, 0.3) is 10.4 Å². The Morgan fingerprint density at radius 1 is 1.28 bits per heavy atom. The fourth-order valence-electron chi connectivity index (χ4n) is 2.37. The molecule has 96 valence electrons. The van der Waals surface area contributed by atoms with Crippen LogP contribution in [0.1, 0.15) is 17.9 Å². The summed E-state index contributed by atoms with van der Waals surface area (Å²) in [4.78, 5) is 2.69. The molecule has 1 aliphatic carbocycles. The minimum Gasteiger partial charge on any atom is -0.497 e. The Labute approximate surface area is 104 Å². The Bertz CT molecular complexity index is 456. The van der Waals surface area contributed by atoms with Crippen molar-refractivity contribution in [2.24, 2.45) is 5.11 Å². The zero-order valence-electron chi connectivity index (χ0n) is 9.97. The summed E-state index contributed by atoms with van der Waals surface area (Å²) in [6.07, 6.45) is -1.47. The second kappa shape index (κ2) is 5.27. The van der Waals surface area contributed by atoms with Crippen LogP contribution in [0.15, 0.2) is 29.4 Å². The molecule has 1 aromatic carbocycles. The van der Waals surface area contributed by atoms with Gasteiger partial charge in [0.25, 0.3) is 0 Å². The molecule has 0 aromatic heterocycles. The Kier molecular flexibility index (Phi) is 3.72. The third-order valence-corrected chi connectivity index (χ3v) is 3.40. The van der Waals surface area contributed by atoms with Gasteiger partial charge in [-0.25, -0.2) is 0 Å². The number of azide groups is 1. The molecule has 1 saturated carbocycles. The van der Waals surface area contributed by atoms with Gasteiger partial charge in [-0.1, -0.05) is 17.2 Å². The van der Waals surface area contributed by atoms with Gasteiger partial charge in [-0.05, 0) is 29.6 Å². The third-order valence-electron chi connectivity index (χ3n) is 3.40. The van der Waals surface area contributed by atoms with Crippen molar-refractivity contribution in [1.29, 1.82) is 0 Å². The second-order valence-electron chi connectivity index (χ2n) is 4.37. The van der Waals surface area contributed by atoms with Crippen molar-refractivity contribution in [3.63, 3.8) is 0 Å². The van der Waals surface area contributed by atoms with Crippen LogP contribution in [0.2, 0.25) is 0 Å². The zero-order chi connectivity index (χ0) is 13.1. The van der Waals surface area contributed by atoms with Crippen molar-refractivity contribution < 1.29 is 14.9 Å². The van der Waals surface area contributed by atoms with Crippen LogP contribution in [-0.4, -0.2) is 35.6 Å². The molecular formula is C12H15N3O3. The van der Waals surface area contributed by atoms with Crippen molar-refractivity contribution >= 4 is 0 Å². The van der Waals surface area contributed by atoms with Crippen LogP contribution in [0.3, 0.4) is 0 Å². The molecule has 0 saturated heterocycles. The first-order chi connectivity index (χ1) is 8.67. The predicted octanol–water partition coefficient (Wildman–Crippen LogP) is 1.58. The monoisotopic (exact) mass is 249 g/mol. The number of nitrogens with zero attached hydrogens (tertiary/aromatic N) is 3. The minimum absolute atomic E-state index is 0.221. The molecule has 1 aliphatic rings. The SMILES string of the molecule is COc1ccc([C@H]2C[C@@H](N=[N+]=[N-])[C@@H](O)[C@H]2O)cc1. The molecule has 1 aromatic rings. The molecule has 18 heavy (non-hydrogen) atoms. The average Bonchev–Trinajstić information content (AvgIpc) is 2.68. The highest BCUT2D eigenvalue weighted by Crippen LogP contribution is 2.37. The summed E-state index contributed by atoms with van der Waals surface area (Å²) in [5, 5.41) is 23.3. The minimum atomic E-state index is -1.01. The van der Waals surface area contributed by atoms with E-state index in [0.717, 1.165) is 11.3 Å². The summed E-state index contributed by atoms with van der Waals surface area (Å²) in [5.41, 5.74) is 9.31. The first-order valence-electron chi connectivity index (χ1n) is 5.71. The highest BCUT2D eigenvalue weighted by atomic mass is 16.5. The molecule has 6 nitrogen and oxygen atoms in total. The fraction of sp³-hybridized carbons (Fsp3) is 0.500. The quantitative estimate of drug-likeness (QED) is 0.483. The van der Waals surface area contributed by atoms with Crippen LogP contribution in [-0.2, 0) is 0 Å². The Balaban J connectivity index is 2.20. The molecule has 0 heterocycles. The topological polar surface area (TPSA) is 98.5 Å². The summed E-state index contributed by atoms with van der Waals surface area (Å²) < 4.78 is 5.06. The largest absolute Gasteiger partial charge is 0.497 e. The van der Waals surface area contributed by atoms with E-state index in [9.17, 15) is 10.2 Å². The van der Waals surface area contributed by atoms with E-state index >= 15 is 0 Å². The van der Waals surface area contributed by atoms with Gasteiger partial charge in [0.05, 0.1) is 25.4 Å². The van der Waals surface area contributed by atoms with Gasteiger partial charge in [-0.3, -0.25) is 0 Å². The number of hydrogen-bond acceptors (Lipinski definition) is 4. The average molecular weight is 249 g/mol. The molecular weight excluding hydrogens is 234 g/mol. The van der Waals surface area contributed by atoms with Crippen molar-refractivity contribution in [1.82, 2.24) is 0 Å². The molecule has 0 bridgehead atoms. The van der Waals surface area contributed by atoms with Gasteiger partial charge in [0, 0.05) is 10.8 Å². The third kappa shape index (κ3) is 2.26. The summed E-state index contributed by atoms with van der Waals surface area (Å²) in [5.74, 6) is 0.514. The molecule has 0 aliphatic heterocycles. The lowest BCUT2D eigenvalue weighted by Gasteiger charge is -2.16. The predicted molar refractivity (Wildman–Crippen MR) is 65.3 cm³/mol. The number of ether oxygens (including phenoxy) is 1. The van der Waals surface area contributed by atoms with E-state index in [-0.39, 0.29) is 5.92 Å². The Hall–Kier alpha value is -1.75. The zero-order valence-corrected chi connectivity index (χ0v) is 9.97. The normalized spacial score (nSPS) is 30.8. The van der Waals surface area contributed by atoms with Crippen molar-refractivity contribution in [2.45, 2.75) is 30.6 Å². The van der Waals surface area contributed by atoms with Gasteiger partial charge >= 0.3 is 0 Å². The highest BCUT2D eigenvalue weighted by Gasteiger charge is 2.41. The van der Waals surface area contributed by atoms with Crippen LogP contribution >= 0.6 is 0 Å². The molecule has 1 fully saturated rings. The summed E-state index contributed by atoms with van der Waals surface area (Å²) >= 11 is 0. The highest BCUT2D eigenvalue weighted by molar-refractivity contribution is 5.31. The van der Waals surface area contributed by atoms with Gasteiger partial charge in [0.2, 0.25) is 0 Å². The number of aliphatic hydroxyl groups excluding tert-OH is 2. The molecule has 0 amide bonds. The lowest BCUT2D eigenvalue weighted by molar-refractivity contribution is 0.0287. The van der Waals surface area contributed by atoms with Gasteiger partial charge < -0.3 is 14.9 Å². The Morgan fingerprint density at radius 3 is 2.50 bits per heavy atom. The molecule has 2 rings (SSSR count). The smallest absolute Gasteiger partial charge is 0.118 e. The molecule has 0 radical (unpaired) electrons. The van der Waals surface area contributed by atoms with E-state index in [1.807, 2.05) is 12.1 Å². The van der Waals surface area contributed by atoms with Crippen LogP contribution < -0.4 is 4.74 Å². The number of rotatable bonds is 3. The number of benzene rings is 1. The van der Waals surface area contributed by atoms with Crippen LogP contribution in [0, 0.1) is 0 Å². The van der Waals surface area contributed by atoms with Crippen LogP contribution in [0.4, 0.5) is 0 Å². The van der Waals surface area contributed by atoms with Gasteiger partial charge in [0.15, 0.2) is 0 Å². The van der Waals surface area contributed by atoms with E-state index < -0.39 is 18.2 Å². The van der Waals surface area contributed by atoms with E-state index in [0.29, 0.717) is 6.42 Å². The molecule has 0 spiro atoms.